The van der Waals surface area contributed by atoms with Gasteiger partial charge in [0.15, 0.2) is 0 Å². The summed E-state index contributed by atoms with van der Waals surface area (Å²) in [4.78, 5) is 7.86. The SMILES string of the molecule is C=C(/C=C\C=NC)/C=C\c1cccnc1. The summed E-state index contributed by atoms with van der Waals surface area (Å²) in [6.45, 7) is 3.89. The summed E-state index contributed by atoms with van der Waals surface area (Å²) < 4.78 is 0. The minimum atomic E-state index is 0.929. The Morgan fingerprint density at radius 2 is 2.33 bits per heavy atom. The third kappa shape index (κ3) is 4.72. The number of hydrogen-bond acceptors (Lipinski definition) is 2. The van der Waals surface area contributed by atoms with Crippen molar-refractivity contribution >= 4 is 12.3 Å². The lowest BCUT2D eigenvalue weighted by atomic mass is 10.2. The van der Waals surface area contributed by atoms with Gasteiger partial charge in [-0.15, -0.1) is 0 Å². The smallest absolute Gasteiger partial charge is 0.0340 e. The minimum absolute atomic E-state index is 0.929. The Morgan fingerprint density at radius 1 is 1.47 bits per heavy atom. The standard InChI is InChI=1S/C13H14N2/c1-12(5-3-9-14-2)7-8-13-6-4-10-15-11-13/h3-11H,1H2,2H3/b5-3-,8-7-,14-9?. The van der Waals surface area contributed by atoms with Gasteiger partial charge < -0.3 is 0 Å². The van der Waals surface area contributed by atoms with Crippen LogP contribution >= 0.6 is 0 Å². The minimum Gasteiger partial charge on any atom is -0.297 e. The lowest BCUT2D eigenvalue weighted by molar-refractivity contribution is 1.32. The normalized spacial score (nSPS) is 11.8. The molecule has 2 heteroatoms. The van der Waals surface area contributed by atoms with Crippen molar-refractivity contribution in [3.8, 4) is 0 Å². The van der Waals surface area contributed by atoms with Gasteiger partial charge in [0.2, 0.25) is 0 Å². The highest BCUT2D eigenvalue weighted by Gasteiger charge is 1.83. The maximum Gasteiger partial charge on any atom is 0.0340 e. The third-order valence-electron chi connectivity index (χ3n) is 1.72. The van der Waals surface area contributed by atoms with Crippen LogP contribution in [0.3, 0.4) is 0 Å². The zero-order valence-electron chi connectivity index (χ0n) is 8.80. The lowest BCUT2D eigenvalue weighted by Gasteiger charge is -1.91. The van der Waals surface area contributed by atoms with E-state index >= 15 is 0 Å². The molecule has 1 aromatic rings. The van der Waals surface area contributed by atoms with Gasteiger partial charge in [0.05, 0.1) is 0 Å². The van der Waals surface area contributed by atoms with Gasteiger partial charge in [0, 0.05) is 25.7 Å². The Hall–Kier alpha value is -1.96. The van der Waals surface area contributed by atoms with E-state index < -0.39 is 0 Å². The van der Waals surface area contributed by atoms with E-state index in [0.29, 0.717) is 0 Å². The topological polar surface area (TPSA) is 25.2 Å². The van der Waals surface area contributed by atoms with E-state index in [1.807, 2.05) is 36.4 Å². The van der Waals surface area contributed by atoms with E-state index in [2.05, 4.69) is 16.6 Å². The Labute approximate surface area is 90.4 Å². The summed E-state index contributed by atoms with van der Waals surface area (Å²) in [6, 6.07) is 3.90. The molecule has 0 aliphatic carbocycles. The molecule has 0 fully saturated rings. The molecule has 0 aliphatic heterocycles. The molecule has 15 heavy (non-hydrogen) atoms. The Balaban J connectivity index is 2.55. The van der Waals surface area contributed by atoms with Gasteiger partial charge >= 0.3 is 0 Å². The zero-order valence-corrected chi connectivity index (χ0v) is 8.80. The highest BCUT2D eigenvalue weighted by atomic mass is 14.6. The fourth-order valence-electron chi connectivity index (χ4n) is 0.986. The molecule has 0 amide bonds. The second-order valence-corrected chi connectivity index (χ2v) is 2.96. The molecule has 0 saturated heterocycles. The van der Waals surface area contributed by atoms with Gasteiger partial charge in [-0.25, -0.2) is 0 Å². The molecule has 76 valence electrons. The van der Waals surface area contributed by atoms with Crippen molar-refractivity contribution in [3.63, 3.8) is 0 Å². The van der Waals surface area contributed by atoms with Crippen LogP contribution in [0.5, 0.6) is 0 Å². The first-order valence-electron chi connectivity index (χ1n) is 4.69. The lowest BCUT2D eigenvalue weighted by Crippen LogP contribution is -1.74. The van der Waals surface area contributed by atoms with Gasteiger partial charge in [-0.05, 0) is 23.3 Å². The number of allylic oxidation sites excluding steroid dienone is 4. The maximum atomic E-state index is 4.02. The van der Waals surface area contributed by atoms with Crippen molar-refractivity contribution in [1.29, 1.82) is 0 Å². The summed E-state index contributed by atoms with van der Waals surface area (Å²) >= 11 is 0. The van der Waals surface area contributed by atoms with Crippen LogP contribution in [0.4, 0.5) is 0 Å². The molecule has 0 atom stereocenters. The summed E-state index contributed by atoms with van der Waals surface area (Å²) in [6.07, 6.45) is 13.0. The Bertz CT molecular complexity index is 386. The van der Waals surface area contributed by atoms with Crippen LogP contribution in [-0.4, -0.2) is 18.2 Å². The molecule has 0 N–H and O–H groups in total. The number of aromatic nitrogens is 1. The number of pyridine rings is 1. The molecule has 0 aromatic carbocycles. The van der Waals surface area contributed by atoms with Crippen LogP contribution in [0.25, 0.3) is 6.08 Å². The van der Waals surface area contributed by atoms with E-state index in [9.17, 15) is 0 Å². The Morgan fingerprint density at radius 3 is 3.00 bits per heavy atom. The third-order valence-corrected chi connectivity index (χ3v) is 1.72. The molecular weight excluding hydrogens is 184 g/mol. The maximum absolute atomic E-state index is 4.02. The average Bonchev–Trinajstić information content (AvgIpc) is 2.28. The predicted octanol–water partition coefficient (Wildman–Crippen LogP) is 2.91. The quantitative estimate of drug-likeness (QED) is 0.539. The monoisotopic (exact) mass is 198 g/mol. The van der Waals surface area contributed by atoms with Crippen molar-refractivity contribution in [2.24, 2.45) is 4.99 Å². The molecule has 0 saturated carbocycles. The van der Waals surface area contributed by atoms with E-state index in [-0.39, 0.29) is 0 Å². The molecule has 1 heterocycles. The first-order chi connectivity index (χ1) is 7.33. The summed E-state index contributed by atoms with van der Waals surface area (Å²) in [5.74, 6) is 0. The Kier molecular flexibility index (Phi) is 4.81. The number of nitrogens with zero attached hydrogens (tertiary/aromatic N) is 2. The number of rotatable bonds is 4. The second kappa shape index (κ2) is 6.49. The predicted molar refractivity (Wildman–Crippen MR) is 66.0 cm³/mol. The van der Waals surface area contributed by atoms with E-state index in [1.54, 1.807) is 25.7 Å². The van der Waals surface area contributed by atoms with Gasteiger partial charge in [-0.1, -0.05) is 30.9 Å². The van der Waals surface area contributed by atoms with Gasteiger partial charge in [-0.2, -0.15) is 0 Å². The highest BCUT2D eigenvalue weighted by molar-refractivity contribution is 5.72. The van der Waals surface area contributed by atoms with Crippen LogP contribution in [0.15, 0.2) is 59.9 Å². The highest BCUT2D eigenvalue weighted by Crippen LogP contribution is 2.02. The van der Waals surface area contributed by atoms with Crippen molar-refractivity contribution < 1.29 is 0 Å². The van der Waals surface area contributed by atoms with Gasteiger partial charge in [0.1, 0.15) is 0 Å². The van der Waals surface area contributed by atoms with E-state index in [0.717, 1.165) is 11.1 Å². The molecule has 0 radical (unpaired) electrons. The molecular formula is C13H14N2. The van der Waals surface area contributed by atoms with Crippen LogP contribution in [0.1, 0.15) is 5.56 Å². The number of aliphatic imine (C=N–C) groups is 1. The second-order valence-electron chi connectivity index (χ2n) is 2.96. The van der Waals surface area contributed by atoms with Crippen LogP contribution in [0, 0.1) is 0 Å². The van der Waals surface area contributed by atoms with Gasteiger partial charge in [0.25, 0.3) is 0 Å². The average molecular weight is 198 g/mol. The first-order valence-corrected chi connectivity index (χ1v) is 4.69. The first kappa shape index (κ1) is 11.1. The van der Waals surface area contributed by atoms with Gasteiger partial charge in [-0.3, -0.25) is 9.98 Å². The summed E-state index contributed by atoms with van der Waals surface area (Å²) in [5.41, 5.74) is 2.00. The molecule has 0 unspecified atom stereocenters. The van der Waals surface area contributed by atoms with Crippen LogP contribution in [-0.2, 0) is 0 Å². The molecule has 0 bridgehead atoms. The number of hydrogen-bond donors (Lipinski definition) is 0. The summed E-state index contributed by atoms with van der Waals surface area (Å²) in [5, 5.41) is 0. The molecule has 2 nitrogen and oxygen atoms in total. The zero-order chi connectivity index (χ0) is 10.9. The van der Waals surface area contributed by atoms with Crippen molar-refractivity contribution in [2.45, 2.75) is 0 Å². The van der Waals surface area contributed by atoms with Crippen LogP contribution in [0.2, 0.25) is 0 Å². The fourth-order valence-corrected chi connectivity index (χ4v) is 0.986. The van der Waals surface area contributed by atoms with E-state index in [4.69, 9.17) is 0 Å². The fraction of sp³-hybridized carbons (Fsp3) is 0.0769. The summed E-state index contributed by atoms with van der Waals surface area (Å²) in [7, 11) is 1.73. The van der Waals surface area contributed by atoms with E-state index in [1.165, 1.54) is 0 Å². The van der Waals surface area contributed by atoms with Crippen molar-refractivity contribution in [3.05, 3.63) is 60.5 Å². The molecule has 0 aliphatic rings. The molecule has 0 spiro atoms. The largest absolute Gasteiger partial charge is 0.297 e. The van der Waals surface area contributed by atoms with Crippen molar-refractivity contribution in [2.75, 3.05) is 7.05 Å². The molecule has 1 aromatic heterocycles. The van der Waals surface area contributed by atoms with Crippen LogP contribution < -0.4 is 0 Å². The van der Waals surface area contributed by atoms with Crippen molar-refractivity contribution in [1.82, 2.24) is 4.98 Å². The molecule has 1 rings (SSSR count).